The van der Waals surface area contributed by atoms with Crippen molar-refractivity contribution >= 4 is 16.9 Å². The third-order valence-corrected chi connectivity index (χ3v) is 5.25. The van der Waals surface area contributed by atoms with E-state index in [1.54, 1.807) is 0 Å². The number of nitrogens with one attached hydrogen (secondary N) is 1. The number of carbonyl (C=O) groups excluding carboxylic acids is 1. The molecule has 0 atom stereocenters. The van der Waals surface area contributed by atoms with Gasteiger partial charge >= 0.3 is 6.09 Å². The number of carbonyl (C=O) groups is 1. The first-order chi connectivity index (χ1) is 14.6. The lowest BCUT2D eigenvalue weighted by molar-refractivity contribution is 0.0470. The highest BCUT2D eigenvalue weighted by atomic mass is 16.6. The van der Waals surface area contributed by atoms with Gasteiger partial charge in [0.25, 0.3) is 0 Å². The molecule has 1 heterocycles. The van der Waals surface area contributed by atoms with Gasteiger partial charge in [-0.2, -0.15) is 0 Å². The summed E-state index contributed by atoms with van der Waals surface area (Å²) in [5, 5.41) is 14.6. The molecule has 1 aromatic heterocycles. The summed E-state index contributed by atoms with van der Waals surface area (Å²) in [4.78, 5) is 16.5. The molecule has 3 rings (SSSR count). The fraction of sp³-hybridized carbons (Fsp3) is 0.385. The number of hydrogen-bond acceptors (Lipinski definition) is 4. The zero-order chi connectivity index (χ0) is 22.6. The summed E-state index contributed by atoms with van der Waals surface area (Å²) in [6.45, 7) is 9.63. The number of aryl methyl sites for hydroxylation is 1. The van der Waals surface area contributed by atoms with Crippen molar-refractivity contribution in [2.24, 2.45) is 0 Å². The predicted octanol–water partition coefficient (Wildman–Crippen LogP) is 5.59. The first-order valence-corrected chi connectivity index (χ1v) is 10.7. The minimum atomic E-state index is -0.574. The van der Waals surface area contributed by atoms with Gasteiger partial charge in [0.1, 0.15) is 5.60 Å². The fourth-order valence-electron chi connectivity index (χ4n) is 3.73. The molecule has 5 heteroatoms. The SMILES string of the molecule is CC(C)(C)OC(=O)NC(C)(C)c1ccc(-c2ccc3cnccc3c2CCCO)cc1. The lowest BCUT2D eigenvalue weighted by Gasteiger charge is -2.29. The Morgan fingerprint density at radius 1 is 1.03 bits per heavy atom. The van der Waals surface area contributed by atoms with Gasteiger partial charge in [-0.3, -0.25) is 4.98 Å². The van der Waals surface area contributed by atoms with Crippen molar-refractivity contribution < 1.29 is 14.6 Å². The molecular formula is C26H32N2O3. The van der Waals surface area contributed by atoms with Crippen molar-refractivity contribution in [3.8, 4) is 11.1 Å². The smallest absolute Gasteiger partial charge is 0.408 e. The Morgan fingerprint density at radius 2 is 1.74 bits per heavy atom. The third-order valence-electron chi connectivity index (χ3n) is 5.25. The largest absolute Gasteiger partial charge is 0.444 e. The molecule has 0 saturated heterocycles. The van der Waals surface area contributed by atoms with E-state index in [9.17, 15) is 9.90 Å². The van der Waals surface area contributed by atoms with Crippen LogP contribution in [-0.4, -0.2) is 28.4 Å². The van der Waals surface area contributed by atoms with E-state index < -0.39 is 17.2 Å². The lowest BCUT2D eigenvalue weighted by Crippen LogP contribution is -2.43. The molecule has 0 aliphatic carbocycles. The molecule has 0 spiro atoms. The van der Waals surface area contributed by atoms with Gasteiger partial charge in [-0.25, -0.2) is 4.79 Å². The molecule has 0 radical (unpaired) electrons. The highest BCUT2D eigenvalue weighted by Gasteiger charge is 2.26. The number of aromatic nitrogens is 1. The van der Waals surface area contributed by atoms with E-state index in [0.717, 1.165) is 33.9 Å². The summed E-state index contributed by atoms with van der Waals surface area (Å²) in [6.07, 6.45) is 4.74. The Bertz CT molecular complexity index is 1050. The van der Waals surface area contributed by atoms with Crippen molar-refractivity contribution in [3.63, 3.8) is 0 Å². The zero-order valence-corrected chi connectivity index (χ0v) is 19.0. The van der Waals surface area contributed by atoms with Gasteiger partial charge in [0.15, 0.2) is 0 Å². The standard InChI is InChI=1S/C26H32N2O3/c1-25(2,3)31-24(30)28-26(4,5)20-11-8-18(9-12-20)21-13-10-19-17-27-15-14-22(19)23(21)7-6-16-29/h8-15,17,29H,6-7,16H2,1-5H3,(H,28,30). The second-order valence-corrected chi connectivity index (χ2v) is 9.34. The van der Waals surface area contributed by atoms with Gasteiger partial charge in [-0.05, 0) is 81.2 Å². The number of pyridine rings is 1. The number of ether oxygens (including phenoxy) is 1. The van der Waals surface area contributed by atoms with E-state index in [0.29, 0.717) is 6.42 Å². The van der Waals surface area contributed by atoms with Crippen LogP contribution in [0.4, 0.5) is 4.79 Å². The first-order valence-electron chi connectivity index (χ1n) is 10.7. The predicted molar refractivity (Wildman–Crippen MR) is 125 cm³/mol. The Labute approximate surface area is 184 Å². The third kappa shape index (κ3) is 5.61. The van der Waals surface area contributed by atoms with Crippen molar-refractivity contribution in [3.05, 3.63) is 66.0 Å². The summed E-state index contributed by atoms with van der Waals surface area (Å²) in [5.41, 5.74) is 3.34. The number of alkyl carbamates (subject to hydrolysis) is 1. The Hall–Kier alpha value is -2.92. The molecule has 3 aromatic rings. The van der Waals surface area contributed by atoms with Crippen LogP contribution in [0.2, 0.25) is 0 Å². The van der Waals surface area contributed by atoms with Gasteiger partial charge in [-0.1, -0.05) is 36.4 Å². The van der Waals surface area contributed by atoms with Crippen molar-refractivity contribution in [2.45, 2.75) is 58.6 Å². The molecule has 1 amide bonds. The quantitative estimate of drug-likeness (QED) is 0.545. The number of aliphatic hydroxyl groups excluding tert-OH is 1. The van der Waals surface area contributed by atoms with Gasteiger partial charge in [0.05, 0.1) is 5.54 Å². The molecule has 2 aromatic carbocycles. The fourth-order valence-corrected chi connectivity index (χ4v) is 3.73. The van der Waals surface area contributed by atoms with Crippen LogP contribution in [-0.2, 0) is 16.7 Å². The summed E-state index contributed by atoms with van der Waals surface area (Å²) in [7, 11) is 0. The monoisotopic (exact) mass is 420 g/mol. The zero-order valence-electron chi connectivity index (χ0n) is 19.0. The number of fused-ring (bicyclic) bond motifs is 1. The highest BCUT2D eigenvalue weighted by Crippen LogP contribution is 2.32. The number of nitrogens with zero attached hydrogens (tertiary/aromatic N) is 1. The topological polar surface area (TPSA) is 71.5 Å². The molecule has 31 heavy (non-hydrogen) atoms. The molecular weight excluding hydrogens is 388 g/mol. The minimum Gasteiger partial charge on any atom is -0.444 e. The Morgan fingerprint density at radius 3 is 2.39 bits per heavy atom. The Balaban J connectivity index is 1.90. The maximum atomic E-state index is 12.2. The number of amides is 1. The normalized spacial score (nSPS) is 12.1. The molecule has 0 aliphatic rings. The van der Waals surface area contributed by atoms with Crippen LogP contribution >= 0.6 is 0 Å². The molecule has 0 aliphatic heterocycles. The second kappa shape index (κ2) is 9.06. The van der Waals surface area contributed by atoms with Gasteiger partial charge in [0, 0.05) is 24.4 Å². The van der Waals surface area contributed by atoms with Crippen LogP contribution in [0.25, 0.3) is 21.9 Å². The van der Waals surface area contributed by atoms with Crippen LogP contribution in [0.1, 0.15) is 52.2 Å². The van der Waals surface area contributed by atoms with Gasteiger partial charge in [-0.15, -0.1) is 0 Å². The van der Waals surface area contributed by atoms with Gasteiger partial charge < -0.3 is 15.2 Å². The molecule has 5 nitrogen and oxygen atoms in total. The van der Waals surface area contributed by atoms with Crippen LogP contribution in [0.3, 0.4) is 0 Å². The molecule has 0 saturated carbocycles. The molecule has 2 N–H and O–H groups in total. The summed E-state index contributed by atoms with van der Waals surface area (Å²) < 4.78 is 5.41. The van der Waals surface area contributed by atoms with E-state index in [1.807, 2.05) is 65.2 Å². The van der Waals surface area contributed by atoms with E-state index in [4.69, 9.17) is 4.74 Å². The summed E-state index contributed by atoms with van der Waals surface area (Å²) >= 11 is 0. The number of hydrogen-bond donors (Lipinski definition) is 2. The van der Waals surface area contributed by atoms with Gasteiger partial charge in [0.2, 0.25) is 0 Å². The first kappa shape index (κ1) is 22.8. The van der Waals surface area contributed by atoms with E-state index in [1.165, 1.54) is 5.56 Å². The highest BCUT2D eigenvalue weighted by molar-refractivity contribution is 5.91. The Kier molecular flexibility index (Phi) is 6.65. The average Bonchev–Trinajstić information content (AvgIpc) is 2.70. The molecule has 0 unspecified atom stereocenters. The van der Waals surface area contributed by atoms with E-state index in [-0.39, 0.29) is 6.61 Å². The summed E-state index contributed by atoms with van der Waals surface area (Å²) in [5.74, 6) is 0. The molecule has 0 fully saturated rings. The van der Waals surface area contributed by atoms with E-state index >= 15 is 0 Å². The van der Waals surface area contributed by atoms with E-state index in [2.05, 4.69) is 34.6 Å². The lowest BCUT2D eigenvalue weighted by atomic mass is 9.89. The van der Waals surface area contributed by atoms with Crippen molar-refractivity contribution in [1.29, 1.82) is 0 Å². The average molecular weight is 421 g/mol. The van der Waals surface area contributed by atoms with Crippen LogP contribution in [0.15, 0.2) is 54.9 Å². The van der Waals surface area contributed by atoms with Crippen molar-refractivity contribution in [1.82, 2.24) is 10.3 Å². The molecule has 164 valence electrons. The summed E-state index contributed by atoms with van der Waals surface area (Å²) in [6, 6.07) is 14.5. The maximum Gasteiger partial charge on any atom is 0.408 e. The number of benzene rings is 2. The maximum absolute atomic E-state index is 12.2. The minimum absolute atomic E-state index is 0.157. The van der Waals surface area contributed by atoms with Crippen LogP contribution in [0.5, 0.6) is 0 Å². The number of aliphatic hydroxyl groups is 1. The van der Waals surface area contributed by atoms with Crippen LogP contribution in [0, 0.1) is 0 Å². The van der Waals surface area contributed by atoms with Crippen LogP contribution < -0.4 is 5.32 Å². The number of rotatable bonds is 6. The second-order valence-electron chi connectivity index (χ2n) is 9.34. The van der Waals surface area contributed by atoms with Crippen molar-refractivity contribution in [2.75, 3.05) is 6.61 Å². The molecule has 0 bridgehead atoms.